The van der Waals surface area contributed by atoms with Gasteiger partial charge in [-0.25, -0.2) is 0 Å². The number of anilines is 1. The fourth-order valence-corrected chi connectivity index (χ4v) is 4.92. The minimum Gasteiger partial charge on any atom is -0.420 e. The molecule has 3 N–H and O–H groups in total. The fraction of sp³-hybridized carbons (Fsp3) is 0.455. The van der Waals surface area contributed by atoms with E-state index in [4.69, 9.17) is 10.5 Å². The van der Waals surface area contributed by atoms with E-state index < -0.39 is 17.2 Å². The number of nitrogens with one attached hydrogen (secondary N) is 1. The van der Waals surface area contributed by atoms with Gasteiger partial charge < -0.3 is 15.4 Å². The smallest absolute Gasteiger partial charge is 0.416 e. The molecule has 3 heterocycles. The number of ether oxygens (including phenoxy) is 1. The van der Waals surface area contributed by atoms with Gasteiger partial charge in [-0.15, -0.1) is 5.10 Å². The SMILES string of the molecule is Cc1[nH]nc2c1[C@@](c1cc(N3CCCC3)cc(C(F)(F)F)c1)(C(C)C)C(C#N)=C(N)O2. The highest BCUT2D eigenvalue weighted by atomic mass is 19.4. The number of hydrogen-bond donors (Lipinski definition) is 2. The van der Waals surface area contributed by atoms with E-state index in [0.29, 0.717) is 35.6 Å². The molecule has 0 saturated carbocycles. The van der Waals surface area contributed by atoms with Crippen LogP contribution in [-0.4, -0.2) is 23.3 Å². The van der Waals surface area contributed by atoms with Crippen LogP contribution in [0.25, 0.3) is 0 Å². The molecule has 6 nitrogen and oxygen atoms in total. The second-order valence-electron chi connectivity index (χ2n) is 8.41. The van der Waals surface area contributed by atoms with Crippen molar-refractivity contribution in [3.8, 4) is 11.9 Å². The Morgan fingerprint density at radius 3 is 2.52 bits per heavy atom. The predicted octanol–water partition coefficient (Wildman–Crippen LogP) is 4.37. The Kier molecular flexibility index (Phi) is 4.91. The molecule has 0 bridgehead atoms. The monoisotopic (exact) mass is 431 g/mol. The maximum absolute atomic E-state index is 13.9. The van der Waals surface area contributed by atoms with Gasteiger partial charge in [-0.2, -0.15) is 18.4 Å². The van der Waals surface area contributed by atoms with E-state index in [9.17, 15) is 18.4 Å². The average molecular weight is 431 g/mol. The third-order valence-electron chi connectivity index (χ3n) is 6.31. The highest BCUT2D eigenvalue weighted by Gasteiger charge is 2.51. The second-order valence-corrected chi connectivity index (χ2v) is 8.41. The molecule has 2 aromatic rings. The first-order valence-electron chi connectivity index (χ1n) is 10.2. The molecule has 0 radical (unpaired) electrons. The Morgan fingerprint density at radius 2 is 1.94 bits per heavy atom. The summed E-state index contributed by atoms with van der Waals surface area (Å²) < 4.78 is 47.4. The van der Waals surface area contributed by atoms with Crippen molar-refractivity contribution >= 4 is 5.69 Å². The number of rotatable bonds is 3. The lowest BCUT2D eigenvalue weighted by Gasteiger charge is -2.41. The first kappa shape index (κ1) is 21.1. The first-order valence-corrected chi connectivity index (χ1v) is 10.2. The zero-order chi connectivity index (χ0) is 22.6. The highest BCUT2D eigenvalue weighted by Crippen LogP contribution is 2.53. The molecule has 4 rings (SSSR count). The predicted molar refractivity (Wildman–Crippen MR) is 109 cm³/mol. The number of aryl methyl sites for hydroxylation is 1. The summed E-state index contributed by atoms with van der Waals surface area (Å²) in [5.74, 6) is -0.271. The van der Waals surface area contributed by atoms with Crippen LogP contribution in [0.15, 0.2) is 29.7 Å². The van der Waals surface area contributed by atoms with Crippen molar-refractivity contribution in [2.75, 3.05) is 18.0 Å². The average Bonchev–Trinajstić information content (AvgIpc) is 3.36. The van der Waals surface area contributed by atoms with Crippen LogP contribution in [0.4, 0.5) is 18.9 Å². The molecule has 0 aliphatic carbocycles. The van der Waals surface area contributed by atoms with Gasteiger partial charge in [0.25, 0.3) is 0 Å². The number of halogens is 3. The minimum absolute atomic E-state index is 0.0891. The van der Waals surface area contributed by atoms with E-state index in [1.54, 1.807) is 13.0 Å². The third-order valence-corrected chi connectivity index (χ3v) is 6.31. The standard InChI is InChI=1S/C22H24F3N5O/c1-12(2)21(17(11-26)19(27)31-20-18(21)13(3)28-29-20)14-8-15(22(23,24)25)10-16(9-14)30-6-4-5-7-30/h8-10,12H,4-7,27H2,1-3H3,(H,28,29)/t21-/m1/s1. The lowest BCUT2D eigenvalue weighted by atomic mass is 9.61. The van der Waals surface area contributed by atoms with Crippen LogP contribution in [0.5, 0.6) is 5.88 Å². The van der Waals surface area contributed by atoms with Crippen molar-refractivity contribution < 1.29 is 17.9 Å². The molecule has 1 fully saturated rings. The van der Waals surface area contributed by atoms with Crippen molar-refractivity contribution in [2.24, 2.45) is 11.7 Å². The summed E-state index contributed by atoms with van der Waals surface area (Å²) in [6, 6.07) is 6.19. The molecule has 164 valence electrons. The molecule has 1 atom stereocenters. The number of nitrogens with two attached hydrogens (primary N) is 1. The summed E-state index contributed by atoms with van der Waals surface area (Å²) in [7, 11) is 0. The van der Waals surface area contributed by atoms with Crippen LogP contribution in [0.1, 0.15) is 49.1 Å². The molecule has 2 aliphatic heterocycles. The van der Waals surface area contributed by atoms with E-state index >= 15 is 0 Å². The van der Waals surface area contributed by atoms with Gasteiger partial charge in [0.05, 0.1) is 16.5 Å². The van der Waals surface area contributed by atoms with Gasteiger partial charge in [0.2, 0.25) is 11.8 Å². The topological polar surface area (TPSA) is 91.0 Å². The molecule has 31 heavy (non-hydrogen) atoms. The van der Waals surface area contributed by atoms with Crippen LogP contribution >= 0.6 is 0 Å². The lowest BCUT2D eigenvalue weighted by molar-refractivity contribution is -0.137. The Morgan fingerprint density at radius 1 is 1.26 bits per heavy atom. The van der Waals surface area contributed by atoms with Gasteiger partial charge in [-0.3, -0.25) is 5.10 Å². The molecule has 1 saturated heterocycles. The van der Waals surface area contributed by atoms with Gasteiger partial charge in [0.15, 0.2) is 0 Å². The number of nitriles is 1. The maximum atomic E-state index is 13.9. The summed E-state index contributed by atoms with van der Waals surface area (Å²) in [4.78, 5) is 1.95. The number of fused-ring (bicyclic) bond motifs is 1. The van der Waals surface area contributed by atoms with Crippen LogP contribution in [0.2, 0.25) is 0 Å². The summed E-state index contributed by atoms with van der Waals surface area (Å²) in [5.41, 5.74) is 6.20. The summed E-state index contributed by atoms with van der Waals surface area (Å²) in [6.07, 6.45) is -2.68. The Hall–Kier alpha value is -3.15. The van der Waals surface area contributed by atoms with E-state index in [1.165, 1.54) is 6.07 Å². The summed E-state index contributed by atoms with van der Waals surface area (Å²) in [5, 5.41) is 17.0. The molecule has 1 aromatic heterocycles. The number of aromatic amines is 1. The van der Waals surface area contributed by atoms with Crippen molar-refractivity contribution in [1.82, 2.24) is 10.2 Å². The van der Waals surface area contributed by atoms with Gasteiger partial charge in [-0.1, -0.05) is 13.8 Å². The fourth-order valence-electron chi connectivity index (χ4n) is 4.92. The zero-order valence-electron chi connectivity index (χ0n) is 17.6. The molecule has 1 aromatic carbocycles. The number of aromatic nitrogens is 2. The molecular formula is C22H24F3N5O. The molecular weight excluding hydrogens is 407 g/mol. The van der Waals surface area contributed by atoms with Gasteiger partial charge >= 0.3 is 6.18 Å². The second kappa shape index (κ2) is 7.22. The first-order chi connectivity index (χ1) is 14.6. The molecule has 0 spiro atoms. The number of nitrogens with zero attached hydrogens (tertiary/aromatic N) is 3. The quantitative estimate of drug-likeness (QED) is 0.753. The molecule has 2 aliphatic rings. The van der Waals surface area contributed by atoms with Crippen molar-refractivity contribution in [3.05, 3.63) is 52.0 Å². The van der Waals surface area contributed by atoms with Crippen LogP contribution in [0.3, 0.4) is 0 Å². The highest BCUT2D eigenvalue weighted by molar-refractivity contribution is 5.65. The summed E-state index contributed by atoms with van der Waals surface area (Å²) >= 11 is 0. The number of hydrogen-bond acceptors (Lipinski definition) is 5. The van der Waals surface area contributed by atoms with E-state index in [1.807, 2.05) is 18.7 Å². The van der Waals surface area contributed by atoms with Crippen molar-refractivity contribution in [1.29, 1.82) is 5.26 Å². The van der Waals surface area contributed by atoms with E-state index in [0.717, 1.165) is 18.9 Å². The maximum Gasteiger partial charge on any atom is 0.416 e. The lowest BCUT2D eigenvalue weighted by Crippen LogP contribution is -2.41. The van der Waals surface area contributed by atoms with Crippen molar-refractivity contribution in [3.63, 3.8) is 0 Å². The minimum atomic E-state index is -4.54. The zero-order valence-corrected chi connectivity index (χ0v) is 17.6. The van der Waals surface area contributed by atoms with Gasteiger partial charge in [0, 0.05) is 24.5 Å². The number of H-pyrrole nitrogens is 1. The Labute approximate surface area is 178 Å². The largest absolute Gasteiger partial charge is 0.420 e. The van der Waals surface area contributed by atoms with Crippen LogP contribution in [-0.2, 0) is 11.6 Å². The summed E-state index contributed by atoms with van der Waals surface area (Å²) in [6.45, 7) is 6.87. The third kappa shape index (κ3) is 3.12. The van der Waals surface area contributed by atoms with Crippen molar-refractivity contribution in [2.45, 2.75) is 45.2 Å². The Bertz CT molecular complexity index is 1090. The Balaban J connectivity index is 2.09. The van der Waals surface area contributed by atoms with Gasteiger partial charge in [0.1, 0.15) is 11.6 Å². The van der Waals surface area contributed by atoms with E-state index in [2.05, 4.69) is 16.3 Å². The van der Waals surface area contributed by atoms with Crippen LogP contribution in [0, 0.1) is 24.2 Å². The number of benzene rings is 1. The molecule has 0 unspecified atom stereocenters. The van der Waals surface area contributed by atoms with Gasteiger partial charge in [-0.05, 0) is 49.4 Å². The van der Waals surface area contributed by atoms with Crippen LogP contribution < -0.4 is 15.4 Å². The number of alkyl halides is 3. The molecule has 9 heteroatoms. The number of allylic oxidation sites excluding steroid dienone is 1. The normalized spacial score (nSPS) is 21.3. The molecule has 0 amide bonds. The van der Waals surface area contributed by atoms with E-state index in [-0.39, 0.29) is 23.3 Å².